The van der Waals surface area contributed by atoms with Crippen LogP contribution in [0.4, 0.5) is 0 Å². The quantitative estimate of drug-likeness (QED) is 0.725. The molecular weight excluding hydrogens is 298 g/mol. The molecule has 0 saturated carbocycles. The summed E-state index contributed by atoms with van der Waals surface area (Å²) in [6.45, 7) is 2.74. The molecule has 3 aromatic rings. The Bertz CT molecular complexity index is 738. The number of amides is 1. The third-order valence-corrected chi connectivity index (χ3v) is 4.17. The van der Waals surface area contributed by atoms with Crippen molar-refractivity contribution in [1.29, 1.82) is 0 Å². The number of hydrogen-bond donors (Lipinski definition) is 0. The van der Waals surface area contributed by atoms with Crippen LogP contribution in [0.5, 0.6) is 0 Å². The summed E-state index contributed by atoms with van der Waals surface area (Å²) in [5.74, 6) is 0.708. The van der Waals surface area contributed by atoms with Gasteiger partial charge in [-0.2, -0.15) is 0 Å². The van der Waals surface area contributed by atoms with Crippen molar-refractivity contribution in [2.45, 2.75) is 20.0 Å². The van der Waals surface area contributed by atoms with Crippen LogP contribution in [-0.2, 0) is 13.1 Å². The molecule has 0 aliphatic rings. The Balaban J connectivity index is 1.85. The van der Waals surface area contributed by atoms with Gasteiger partial charge in [0.2, 0.25) is 0 Å². The topological polar surface area (TPSA) is 59.2 Å². The van der Waals surface area contributed by atoms with Gasteiger partial charge in [0.25, 0.3) is 5.91 Å². The molecule has 3 heterocycles. The largest absolute Gasteiger partial charge is 0.467 e. The van der Waals surface area contributed by atoms with E-state index in [2.05, 4.69) is 9.97 Å². The Morgan fingerprint density at radius 3 is 2.86 bits per heavy atom. The molecule has 0 spiro atoms. The van der Waals surface area contributed by atoms with Crippen LogP contribution in [0.25, 0.3) is 0 Å². The summed E-state index contributed by atoms with van der Waals surface area (Å²) in [7, 11) is 0. The molecule has 22 heavy (non-hydrogen) atoms. The highest BCUT2D eigenvalue weighted by Gasteiger charge is 2.21. The summed E-state index contributed by atoms with van der Waals surface area (Å²) in [5.41, 5.74) is 3.42. The highest BCUT2D eigenvalue weighted by molar-refractivity contribution is 7.11. The number of thiazole rings is 1. The zero-order chi connectivity index (χ0) is 15.4. The van der Waals surface area contributed by atoms with Gasteiger partial charge in [-0.15, -0.1) is 11.3 Å². The Morgan fingerprint density at radius 1 is 1.32 bits per heavy atom. The maximum absolute atomic E-state index is 12.8. The lowest BCUT2D eigenvalue weighted by Crippen LogP contribution is -2.30. The van der Waals surface area contributed by atoms with Gasteiger partial charge in [-0.1, -0.05) is 6.07 Å². The van der Waals surface area contributed by atoms with Crippen molar-refractivity contribution < 1.29 is 9.21 Å². The van der Waals surface area contributed by atoms with E-state index in [1.807, 2.05) is 31.2 Å². The molecule has 0 N–H and O–H groups in total. The number of hydrogen-bond acceptors (Lipinski definition) is 5. The summed E-state index contributed by atoms with van der Waals surface area (Å²) in [6.07, 6.45) is 5.09. The molecule has 0 fully saturated rings. The van der Waals surface area contributed by atoms with Crippen LogP contribution in [0.2, 0.25) is 0 Å². The van der Waals surface area contributed by atoms with E-state index in [9.17, 15) is 4.79 Å². The van der Waals surface area contributed by atoms with Crippen LogP contribution in [0.3, 0.4) is 0 Å². The van der Waals surface area contributed by atoms with Crippen molar-refractivity contribution >= 4 is 17.2 Å². The number of nitrogens with zero attached hydrogens (tertiary/aromatic N) is 3. The molecule has 0 radical (unpaired) electrons. The van der Waals surface area contributed by atoms with E-state index in [1.54, 1.807) is 29.1 Å². The van der Waals surface area contributed by atoms with Crippen molar-refractivity contribution in [2.75, 3.05) is 0 Å². The van der Waals surface area contributed by atoms with E-state index in [-0.39, 0.29) is 5.91 Å². The molecule has 0 aromatic carbocycles. The monoisotopic (exact) mass is 313 g/mol. The normalized spacial score (nSPS) is 10.6. The summed E-state index contributed by atoms with van der Waals surface area (Å²) in [4.78, 5) is 23.5. The average Bonchev–Trinajstić information content (AvgIpc) is 3.18. The van der Waals surface area contributed by atoms with Crippen molar-refractivity contribution in [3.63, 3.8) is 0 Å². The third-order valence-electron chi connectivity index (χ3n) is 3.25. The molecule has 0 bridgehead atoms. The second-order valence-electron chi connectivity index (χ2n) is 4.87. The van der Waals surface area contributed by atoms with E-state index in [0.717, 1.165) is 17.0 Å². The van der Waals surface area contributed by atoms with Crippen LogP contribution >= 0.6 is 11.3 Å². The van der Waals surface area contributed by atoms with E-state index >= 15 is 0 Å². The van der Waals surface area contributed by atoms with E-state index in [1.165, 1.54) is 11.3 Å². The van der Waals surface area contributed by atoms with Crippen LogP contribution in [-0.4, -0.2) is 20.8 Å². The first-order valence-electron chi connectivity index (χ1n) is 6.84. The lowest BCUT2D eigenvalue weighted by molar-refractivity contribution is 0.0721. The number of rotatable bonds is 5. The summed E-state index contributed by atoms with van der Waals surface area (Å²) < 4.78 is 5.38. The van der Waals surface area contributed by atoms with Crippen LogP contribution in [0, 0.1) is 6.92 Å². The number of aryl methyl sites for hydroxylation is 1. The number of carbonyl (C=O) groups excluding carboxylic acids is 1. The molecule has 3 rings (SSSR count). The SMILES string of the molecule is Cc1ncsc1C(=O)N(Cc1cccnc1)Cc1ccco1. The van der Waals surface area contributed by atoms with E-state index in [4.69, 9.17) is 4.42 Å². The fraction of sp³-hybridized carbons (Fsp3) is 0.188. The highest BCUT2D eigenvalue weighted by Crippen LogP contribution is 2.19. The molecule has 0 atom stereocenters. The van der Waals surface area contributed by atoms with Gasteiger partial charge in [-0.3, -0.25) is 9.78 Å². The first-order chi connectivity index (χ1) is 10.7. The van der Waals surface area contributed by atoms with Gasteiger partial charge in [0, 0.05) is 18.9 Å². The third kappa shape index (κ3) is 3.23. The van der Waals surface area contributed by atoms with Gasteiger partial charge < -0.3 is 9.32 Å². The van der Waals surface area contributed by atoms with E-state index in [0.29, 0.717) is 18.0 Å². The maximum atomic E-state index is 12.8. The fourth-order valence-electron chi connectivity index (χ4n) is 2.15. The minimum Gasteiger partial charge on any atom is -0.467 e. The molecule has 112 valence electrons. The molecular formula is C16H15N3O2S. The van der Waals surface area contributed by atoms with Gasteiger partial charge in [-0.05, 0) is 30.7 Å². The van der Waals surface area contributed by atoms with Gasteiger partial charge in [0.1, 0.15) is 10.6 Å². The molecule has 6 heteroatoms. The highest BCUT2D eigenvalue weighted by atomic mass is 32.1. The zero-order valence-corrected chi connectivity index (χ0v) is 12.9. The first-order valence-corrected chi connectivity index (χ1v) is 7.72. The molecule has 0 saturated heterocycles. The summed E-state index contributed by atoms with van der Waals surface area (Å²) >= 11 is 1.36. The number of carbonyl (C=O) groups is 1. The van der Waals surface area contributed by atoms with Crippen LogP contribution in [0.1, 0.15) is 26.7 Å². The fourth-order valence-corrected chi connectivity index (χ4v) is 2.92. The van der Waals surface area contributed by atoms with Crippen LogP contribution in [0.15, 0.2) is 52.9 Å². The van der Waals surface area contributed by atoms with Gasteiger partial charge in [0.05, 0.1) is 24.0 Å². The van der Waals surface area contributed by atoms with Crippen molar-refractivity contribution in [2.24, 2.45) is 0 Å². The predicted octanol–water partition coefficient (Wildman–Crippen LogP) is 3.28. The molecule has 1 amide bonds. The summed E-state index contributed by atoms with van der Waals surface area (Å²) in [5, 5.41) is 0. The zero-order valence-electron chi connectivity index (χ0n) is 12.1. The van der Waals surface area contributed by atoms with Crippen molar-refractivity contribution in [3.8, 4) is 0 Å². The second kappa shape index (κ2) is 6.53. The van der Waals surface area contributed by atoms with Crippen LogP contribution < -0.4 is 0 Å². The standard InChI is InChI=1S/C16H15N3O2S/c1-12-15(22-11-18-12)16(20)19(10-14-5-3-7-21-14)9-13-4-2-6-17-8-13/h2-8,11H,9-10H2,1H3. The molecule has 0 aliphatic carbocycles. The lowest BCUT2D eigenvalue weighted by atomic mass is 10.2. The minimum atomic E-state index is -0.0414. The second-order valence-corrected chi connectivity index (χ2v) is 5.72. The van der Waals surface area contributed by atoms with E-state index < -0.39 is 0 Å². The summed E-state index contributed by atoms with van der Waals surface area (Å²) in [6, 6.07) is 7.50. The van der Waals surface area contributed by atoms with Gasteiger partial charge >= 0.3 is 0 Å². The Morgan fingerprint density at radius 2 is 2.23 bits per heavy atom. The van der Waals surface area contributed by atoms with Crippen molar-refractivity contribution in [1.82, 2.24) is 14.9 Å². The maximum Gasteiger partial charge on any atom is 0.266 e. The number of aromatic nitrogens is 2. The Hall–Kier alpha value is -2.47. The molecule has 5 nitrogen and oxygen atoms in total. The molecule has 0 unspecified atom stereocenters. The smallest absolute Gasteiger partial charge is 0.266 e. The number of furan rings is 1. The molecule has 3 aromatic heterocycles. The number of pyridine rings is 1. The predicted molar refractivity (Wildman–Crippen MR) is 83.4 cm³/mol. The minimum absolute atomic E-state index is 0.0414. The first kappa shape index (κ1) is 14.5. The average molecular weight is 313 g/mol. The van der Waals surface area contributed by atoms with Gasteiger partial charge in [-0.25, -0.2) is 4.98 Å². The lowest BCUT2D eigenvalue weighted by Gasteiger charge is -2.21. The molecule has 0 aliphatic heterocycles. The Kier molecular flexibility index (Phi) is 4.29. The van der Waals surface area contributed by atoms with Crippen molar-refractivity contribution in [3.05, 3.63) is 70.3 Å². The van der Waals surface area contributed by atoms with Gasteiger partial charge in [0.15, 0.2) is 0 Å². The Labute approximate surface area is 132 Å².